The third kappa shape index (κ3) is 3.24. The van der Waals surface area contributed by atoms with Crippen LogP contribution in [0.25, 0.3) is 17.2 Å². The van der Waals surface area contributed by atoms with Crippen molar-refractivity contribution in [2.75, 3.05) is 27.2 Å². The number of carbonyl (C=O) groups is 1. The molecule has 0 aliphatic carbocycles. The van der Waals surface area contributed by atoms with E-state index in [1.165, 1.54) is 7.11 Å². The predicted molar refractivity (Wildman–Crippen MR) is 97.2 cm³/mol. The van der Waals surface area contributed by atoms with Gasteiger partial charge in [0.05, 0.1) is 18.5 Å². The van der Waals surface area contributed by atoms with Crippen molar-refractivity contribution in [3.63, 3.8) is 0 Å². The van der Waals surface area contributed by atoms with Crippen molar-refractivity contribution in [1.29, 1.82) is 0 Å². The number of rotatable bonds is 4. The summed E-state index contributed by atoms with van der Waals surface area (Å²) in [5.41, 5.74) is 1.69. The summed E-state index contributed by atoms with van der Waals surface area (Å²) < 4.78 is 6.64. The van der Waals surface area contributed by atoms with Gasteiger partial charge in [0, 0.05) is 32.4 Å². The number of pyridine rings is 1. The number of carbonyl (C=O) groups excluding carboxylic acids is 1. The van der Waals surface area contributed by atoms with Crippen molar-refractivity contribution in [3.8, 4) is 23.1 Å². The predicted octanol–water partition coefficient (Wildman–Crippen LogP) is 1.43. The molecule has 1 saturated heterocycles. The fraction of sp³-hybridized carbons (Fsp3) is 0.278. The number of hydrogen-bond donors (Lipinski definition) is 0. The van der Waals surface area contributed by atoms with E-state index in [1.807, 2.05) is 30.3 Å². The largest absolute Gasteiger partial charge is 0.480 e. The second kappa shape index (κ2) is 7.12. The molecular formula is C18H19N7O2. The first-order valence-electron chi connectivity index (χ1n) is 8.60. The van der Waals surface area contributed by atoms with Crippen molar-refractivity contribution >= 4 is 5.91 Å². The number of hydrogen-bond acceptors (Lipinski definition) is 7. The minimum atomic E-state index is -0.146. The lowest BCUT2D eigenvalue weighted by Crippen LogP contribution is -2.38. The van der Waals surface area contributed by atoms with Gasteiger partial charge in [0.15, 0.2) is 11.5 Å². The van der Waals surface area contributed by atoms with Gasteiger partial charge in [-0.15, -0.1) is 10.2 Å². The number of amides is 1. The van der Waals surface area contributed by atoms with Crippen LogP contribution >= 0.6 is 0 Å². The highest BCUT2D eigenvalue weighted by atomic mass is 16.5. The minimum Gasteiger partial charge on any atom is -0.480 e. The quantitative estimate of drug-likeness (QED) is 0.691. The van der Waals surface area contributed by atoms with Gasteiger partial charge in [-0.1, -0.05) is 6.07 Å². The molecule has 1 aliphatic heterocycles. The number of ether oxygens (including phenoxy) is 1. The molecule has 0 N–H and O–H groups in total. The number of methoxy groups -OCH3 is 1. The molecule has 138 valence electrons. The first-order valence-corrected chi connectivity index (χ1v) is 8.60. The second-order valence-corrected chi connectivity index (χ2v) is 6.14. The van der Waals surface area contributed by atoms with Crippen molar-refractivity contribution in [2.24, 2.45) is 0 Å². The molecule has 3 aromatic heterocycles. The lowest BCUT2D eigenvalue weighted by atomic mass is 10.2. The molecule has 0 aromatic carbocycles. The molecule has 3 aromatic rings. The zero-order valence-electron chi connectivity index (χ0n) is 15.1. The summed E-state index contributed by atoms with van der Waals surface area (Å²) in [7, 11) is 3.43. The van der Waals surface area contributed by atoms with E-state index in [2.05, 4.69) is 20.3 Å². The Balaban J connectivity index is 1.78. The van der Waals surface area contributed by atoms with E-state index in [0.717, 1.165) is 13.0 Å². The molecule has 1 amide bonds. The smallest absolute Gasteiger partial charge is 0.288 e. The molecule has 1 fully saturated rings. The zero-order valence-corrected chi connectivity index (χ0v) is 15.1. The molecule has 27 heavy (non-hydrogen) atoms. The summed E-state index contributed by atoms with van der Waals surface area (Å²) in [6.07, 6.45) is 2.64. The molecule has 9 heteroatoms. The van der Waals surface area contributed by atoms with E-state index in [1.54, 1.807) is 34.1 Å². The van der Waals surface area contributed by atoms with Crippen LogP contribution in [0.15, 0.2) is 42.6 Å². The van der Waals surface area contributed by atoms with Crippen LogP contribution in [0.2, 0.25) is 0 Å². The summed E-state index contributed by atoms with van der Waals surface area (Å²) in [4.78, 5) is 17.3. The van der Waals surface area contributed by atoms with E-state index < -0.39 is 0 Å². The third-order valence-corrected chi connectivity index (χ3v) is 4.41. The second-order valence-electron chi connectivity index (χ2n) is 6.14. The standard InChI is InChI=1S/C18H19N7O2/c1-23-10-5-11-24(23)18(26)14-12-15(13-6-3-4-9-19-13)25(22-14)16-7-8-17(27-2)21-20-16/h3-4,6-9,12H,5,10-11H2,1-2H3. The maximum Gasteiger partial charge on any atom is 0.288 e. The lowest BCUT2D eigenvalue weighted by Gasteiger charge is -2.22. The average Bonchev–Trinajstić information content (AvgIpc) is 3.35. The fourth-order valence-corrected chi connectivity index (χ4v) is 3.02. The number of aromatic nitrogens is 5. The van der Waals surface area contributed by atoms with Crippen LogP contribution in [-0.2, 0) is 0 Å². The Morgan fingerprint density at radius 3 is 2.67 bits per heavy atom. The SMILES string of the molecule is COc1ccc(-n2nc(C(=O)N3CCCN3C)cc2-c2ccccn2)nn1. The van der Waals surface area contributed by atoms with Gasteiger partial charge in [0.25, 0.3) is 5.91 Å². The molecule has 0 atom stereocenters. The van der Waals surface area contributed by atoms with Gasteiger partial charge in [-0.3, -0.25) is 14.8 Å². The van der Waals surface area contributed by atoms with E-state index in [-0.39, 0.29) is 5.91 Å². The molecule has 0 unspecified atom stereocenters. The van der Waals surface area contributed by atoms with Gasteiger partial charge in [-0.2, -0.15) is 5.10 Å². The van der Waals surface area contributed by atoms with Gasteiger partial charge >= 0.3 is 0 Å². The highest BCUT2D eigenvalue weighted by molar-refractivity contribution is 5.93. The topological polar surface area (TPSA) is 89.3 Å². The fourth-order valence-electron chi connectivity index (χ4n) is 3.02. The van der Waals surface area contributed by atoms with Crippen LogP contribution in [0, 0.1) is 0 Å². The number of hydrazine groups is 1. The summed E-state index contributed by atoms with van der Waals surface area (Å²) in [5.74, 6) is 0.734. The Morgan fingerprint density at radius 2 is 2.04 bits per heavy atom. The normalized spacial score (nSPS) is 14.5. The Labute approximate surface area is 156 Å². The zero-order chi connectivity index (χ0) is 18.8. The van der Waals surface area contributed by atoms with Crippen LogP contribution in [-0.4, -0.2) is 68.1 Å². The van der Waals surface area contributed by atoms with Crippen molar-refractivity contribution < 1.29 is 9.53 Å². The van der Waals surface area contributed by atoms with Crippen molar-refractivity contribution in [2.45, 2.75) is 6.42 Å². The molecule has 4 rings (SSSR count). The van der Waals surface area contributed by atoms with Crippen LogP contribution < -0.4 is 4.74 Å². The van der Waals surface area contributed by atoms with Crippen LogP contribution in [0.5, 0.6) is 5.88 Å². The molecular weight excluding hydrogens is 346 g/mol. The first-order chi connectivity index (χ1) is 13.2. The Hall–Kier alpha value is -3.33. The molecule has 9 nitrogen and oxygen atoms in total. The Kier molecular flexibility index (Phi) is 4.51. The monoisotopic (exact) mass is 365 g/mol. The van der Waals surface area contributed by atoms with Crippen LogP contribution in [0.4, 0.5) is 0 Å². The molecule has 1 aliphatic rings. The Bertz CT molecular complexity index is 940. The summed E-state index contributed by atoms with van der Waals surface area (Å²) >= 11 is 0. The lowest BCUT2D eigenvalue weighted by molar-refractivity contribution is 0.0334. The Morgan fingerprint density at radius 1 is 1.15 bits per heavy atom. The maximum absolute atomic E-state index is 12.9. The average molecular weight is 365 g/mol. The molecule has 0 bridgehead atoms. The van der Waals surface area contributed by atoms with Crippen LogP contribution in [0.1, 0.15) is 16.9 Å². The molecule has 4 heterocycles. The highest BCUT2D eigenvalue weighted by Crippen LogP contribution is 2.23. The van der Waals surface area contributed by atoms with Crippen LogP contribution in [0.3, 0.4) is 0 Å². The van der Waals surface area contributed by atoms with Gasteiger partial charge in [0.1, 0.15) is 0 Å². The number of nitrogens with zero attached hydrogens (tertiary/aromatic N) is 7. The van der Waals surface area contributed by atoms with E-state index >= 15 is 0 Å². The van der Waals surface area contributed by atoms with Crippen molar-refractivity contribution in [1.82, 2.24) is 35.0 Å². The van der Waals surface area contributed by atoms with E-state index in [9.17, 15) is 4.79 Å². The van der Waals surface area contributed by atoms with E-state index in [4.69, 9.17) is 4.74 Å². The molecule has 0 spiro atoms. The maximum atomic E-state index is 12.9. The third-order valence-electron chi connectivity index (χ3n) is 4.41. The summed E-state index contributed by atoms with van der Waals surface area (Å²) in [5, 5.41) is 16.3. The van der Waals surface area contributed by atoms with Gasteiger partial charge in [-0.05, 0) is 30.7 Å². The van der Waals surface area contributed by atoms with Gasteiger partial charge in [0.2, 0.25) is 5.88 Å². The van der Waals surface area contributed by atoms with E-state index in [0.29, 0.717) is 35.3 Å². The minimum absolute atomic E-state index is 0.146. The summed E-state index contributed by atoms with van der Waals surface area (Å²) in [6, 6.07) is 10.8. The summed E-state index contributed by atoms with van der Waals surface area (Å²) in [6.45, 7) is 1.53. The molecule has 0 radical (unpaired) electrons. The van der Waals surface area contributed by atoms with Crippen molar-refractivity contribution in [3.05, 3.63) is 48.3 Å². The van der Waals surface area contributed by atoms with Gasteiger partial charge < -0.3 is 4.74 Å². The first kappa shape index (κ1) is 17.1. The highest BCUT2D eigenvalue weighted by Gasteiger charge is 2.28. The molecule has 0 saturated carbocycles. The van der Waals surface area contributed by atoms with Gasteiger partial charge in [-0.25, -0.2) is 9.69 Å².